The van der Waals surface area contributed by atoms with Gasteiger partial charge in [-0.2, -0.15) is 0 Å². The Morgan fingerprint density at radius 3 is 2.11 bits per heavy atom. The third-order valence-corrected chi connectivity index (χ3v) is 3.13. The minimum absolute atomic E-state index is 0.835. The molecule has 0 bridgehead atoms. The monoisotopic (exact) mass is 237 g/mol. The molecule has 1 heteroatoms. The smallest absolute Gasteiger partial charge is 0.0319 e. The summed E-state index contributed by atoms with van der Waals surface area (Å²) in [6, 6.07) is 14.4. The molecular formula is C17H19N. The largest absolute Gasteiger partial charge is 0.399 e. The fourth-order valence-corrected chi connectivity index (χ4v) is 2.49. The van der Waals surface area contributed by atoms with E-state index in [2.05, 4.69) is 51.1 Å². The second-order valence-corrected chi connectivity index (χ2v) is 4.77. The maximum Gasteiger partial charge on any atom is 0.0319 e. The Kier molecular flexibility index (Phi) is 3.52. The third kappa shape index (κ3) is 2.62. The van der Waals surface area contributed by atoms with E-state index in [4.69, 9.17) is 5.73 Å². The summed E-state index contributed by atoms with van der Waals surface area (Å²) < 4.78 is 0. The van der Waals surface area contributed by atoms with Crippen LogP contribution in [0.1, 0.15) is 29.2 Å². The SMILES string of the molecule is C/C(=C\c1ccccc1)c1c(C)cc(N)cc1C. The third-order valence-electron chi connectivity index (χ3n) is 3.13. The lowest BCUT2D eigenvalue weighted by molar-refractivity contribution is 1.33. The van der Waals surface area contributed by atoms with Gasteiger partial charge in [-0.25, -0.2) is 0 Å². The molecule has 0 amide bonds. The molecular weight excluding hydrogens is 218 g/mol. The van der Waals surface area contributed by atoms with Gasteiger partial charge in [0.15, 0.2) is 0 Å². The van der Waals surface area contributed by atoms with Crippen LogP contribution in [-0.4, -0.2) is 0 Å². The highest BCUT2D eigenvalue weighted by Gasteiger charge is 2.05. The van der Waals surface area contributed by atoms with Gasteiger partial charge in [-0.3, -0.25) is 0 Å². The van der Waals surface area contributed by atoms with E-state index in [1.54, 1.807) is 0 Å². The van der Waals surface area contributed by atoms with Crippen molar-refractivity contribution in [1.29, 1.82) is 0 Å². The molecule has 2 aromatic carbocycles. The number of allylic oxidation sites excluding steroid dienone is 1. The second kappa shape index (κ2) is 5.09. The summed E-state index contributed by atoms with van der Waals surface area (Å²) >= 11 is 0. The highest BCUT2D eigenvalue weighted by Crippen LogP contribution is 2.26. The summed E-state index contributed by atoms with van der Waals surface area (Å²) in [7, 11) is 0. The summed E-state index contributed by atoms with van der Waals surface area (Å²) in [6.07, 6.45) is 2.21. The van der Waals surface area contributed by atoms with Gasteiger partial charge < -0.3 is 5.73 Å². The van der Waals surface area contributed by atoms with E-state index in [1.807, 2.05) is 18.2 Å². The molecule has 0 saturated heterocycles. The van der Waals surface area contributed by atoms with Crippen molar-refractivity contribution in [3.05, 3.63) is 64.7 Å². The van der Waals surface area contributed by atoms with Crippen molar-refractivity contribution in [2.75, 3.05) is 5.73 Å². The number of hydrogen-bond donors (Lipinski definition) is 1. The number of nitrogens with two attached hydrogens (primary N) is 1. The lowest BCUT2D eigenvalue weighted by atomic mass is 9.94. The van der Waals surface area contributed by atoms with Crippen molar-refractivity contribution < 1.29 is 0 Å². The average Bonchev–Trinajstić information content (AvgIpc) is 2.28. The highest BCUT2D eigenvalue weighted by atomic mass is 14.5. The van der Waals surface area contributed by atoms with Crippen molar-refractivity contribution in [3.63, 3.8) is 0 Å². The molecule has 18 heavy (non-hydrogen) atoms. The first-order valence-corrected chi connectivity index (χ1v) is 6.18. The Morgan fingerprint density at radius 2 is 1.56 bits per heavy atom. The van der Waals surface area contributed by atoms with Crippen molar-refractivity contribution in [2.24, 2.45) is 0 Å². The average molecular weight is 237 g/mol. The van der Waals surface area contributed by atoms with Crippen LogP contribution in [0.5, 0.6) is 0 Å². The van der Waals surface area contributed by atoms with Crippen molar-refractivity contribution >= 4 is 17.3 Å². The molecule has 0 aliphatic heterocycles. The second-order valence-electron chi connectivity index (χ2n) is 4.77. The van der Waals surface area contributed by atoms with E-state index in [9.17, 15) is 0 Å². The van der Waals surface area contributed by atoms with E-state index < -0.39 is 0 Å². The molecule has 0 unspecified atom stereocenters. The molecule has 92 valence electrons. The predicted octanol–water partition coefficient (Wildman–Crippen LogP) is 4.45. The van der Waals surface area contributed by atoms with Gasteiger partial charge in [0.1, 0.15) is 0 Å². The van der Waals surface area contributed by atoms with Gasteiger partial charge in [-0.05, 0) is 60.7 Å². The quantitative estimate of drug-likeness (QED) is 0.606. The van der Waals surface area contributed by atoms with Crippen LogP contribution >= 0.6 is 0 Å². The normalized spacial score (nSPS) is 11.6. The van der Waals surface area contributed by atoms with E-state index in [0.29, 0.717) is 0 Å². The molecule has 0 spiro atoms. The van der Waals surface area contributed by atoms with E-state index in [0.717, 1.165) is 5.69 Å². The Balaban J connectivity index is 2.47. The molecule has 0 aliphatic carbocycles. The molecule has 1 nitrogen and oxygen atoms in total. The number of benzene rings is 2. The van der Waals surface area contributed by atoms with E-state index in [1.165, 1.54) is 27.8 Å². The van der Waals surface area contributed by atoms with Gasteiger partial charge in [0.25, 0.3) is 0 Å². The summed E-state index contributed by atoms with van der Waals surface area (Å²) in [5.41, 5.74) is 13.0. The number of anilines is 1. The number of nitrogen functional groups attached to an aromatic ring is 1. The summed E-state index contributed by atoms with van der Waals surface area (Å²) in [5.74, 6) is 0. The molecule has 0 saturated carbocycles. The first-order valence-electron chi connectivity index (χ1n) is 6.18. The Hall–Kier alpha value is -2.02. The Labute approximate surface area is 109 Å². The zero-order chi connectivity index (χ0) is 13.1. The number of aryl methyl sites for hydroxylation is 2. The zero-order valence-corrected chi connectivity index (χ0v) is 11.2. The number of rotatable bonds is 2. The van der Waals surface area contributed by atoms with Crippen molar-refractivity contribution in [2.45, 2.75) is 20.8 Å². The molecule has 0 fully saturated rings. The van der Waals surface area contributed by atoms with Crippen LogP contribution in [0.25, 0.3) is 11.6 Å². The van der Waals surface area contributed by atoms with Crippen LogP contribution in [0.4, 0.5) is 5.69 Å². The molecule has 0 heterocycles. The summed E-state index contributed by atoms with van der Waals surface area (Å²) in [4.78, 5) is 0. The van der Waals surface area contributed by atoms with Crippen LogP contribution in [0.3, 0.4) is 0 Å². The fourth-order valence-electron chi connectivity index (χ4n) is 2.49. The first kappa shape index (κ1) is 12.4. The van der Waals surface area contributed by atoms with Crippen LogP contribution in [0.15, 0.2) is 42.5 Å². The lowest BCUT2D eigenvalue weighted by Gasteiger charge is -2.12. The first-order chi connectivity index (χ1) is 8.58. The lowest BCUT2D eigenvalue weighted by Crippen LogP contribution is -1.94. The van der Waals surface area contributed by atoms with Gasteiger partial charge >= 0.3 is 0 Å². The van der Waals surface area contributed by atoms with Crippen LogP contribution in [0, 0.1) is 13.8 Å². The fraction of sp³-hybridized carbons (Fsp3) is 0.176. The minimum atomic E-state index is 0.835. The molecule has 2 rings (SSSR count). The maximum atomic E-state index is 5.86. The highest BCUT2D eigenvalue weighted by molar-refractivity contribution is 5.83. The molecule has 2 N–H and O–H groups in total. The minimum Gasteiger partial charge on any atom is -0.399 e. The van der Waals surface area contributed by atoms with Gasteiger partial charge in [0, 0.05) is 5.69 Å². The standard InChI is InChI=1S/C17H19N/c1-12(9-15-7-5-4-6-8-15)17-13(2)10-16(18)11-14(17)3/h4-11H,18H2,1-3H3/b12-9+. The van der Waals surface area contributed by atoms with Gasteiger partial charge in [-0.15, -0.1) is 0 Å². The Morgan fingerprint density at radius 1 is 1.00 bits per heavy atom. The maximum absolute atomic E-state index is 5.86. The van der Waals surface area contributed by atoms with Gasteiger partial charge in [-0.1, -0.05) is 36.4 Å². The predicted molar refractivity (Wildman–Crippen MR) is 80.3 cm³/mol. The summed E-state index contributed by atoms with van der Waals surface area (Å²) in [5, 5.41) is 0. The molecule has 0 aliphatic rings. The van der Waals surface area contributed by atoms with Crippen LogP contribution < -0.4 is 5.73 Å². The van der Waals surface area contributed by atoms with Crippen LogP contribution in [-0.2, 0) is 0 Å². The number of hydrogen-bond acceptors (Lipinski definition) is 1. The zero-order valence-electron chi connectivity index (χ0n) is 11.2. The van der Waals surface area contributed by atoms with Crippen molar-refractivity contribution in [3.8, 4) is 0 Å². The molecule has 2 aromatic rings. The van der Waals surface area contributed by atoms with Crippen LogP contribution in [0.2, 0.25) is 0 Å². The molecule has 0 aromatic heterocycles. The Bertz CT molecular complexity index is 557. The topological polar surface area (TPSA) is 26.0 Å². The van der Waals surface area contributed by atoms with E-state index in [-0.39, 0.29) is 0 Å². The van der Waals surface area contributed by atoms with Crippen molar-refractivity contribution in [1.82, 2.24) is 0 Å². The molecule has 0 radical (unpaired) electrons. The van der Waals surface area contributed by atoms with Gasteiger partial charge in [0.05, 0.1) is 0 Å². The van der Waals surface area contributed by atoms with E-state index >= 15 is 0 Å². The van der Waals surface area contributed by atoms with Gasteiger partial charge in [0.2, 0.25) is 0 Å². The summed E-state index contributed by atoms with van der Waals surface area (Å²) in [6.45, 7) is 6.38. The molecule has 0 atom stereocenters.